The molecule has 0 aliphatic rings. The highest BCUT2D eigenvalue weighted by atomic mass is 79.9. The third-order valence-corrected chi connectivity index (χ3v) is 2.23. The highest BCUT2D eigenvalue weighted by Crippen LogP contribution is 2.05. The molecule has 0 aromatic carbocycles. The molecule has 2 aromatic rings. The molecule has 0 spiro atoms. The maximum Gasteiger partial charge on any atom is 0.242 e. The molecule has 0 aliphatic carbocycles. The van der Waals surface area contributed by atoms with Gasteiger partial charge in [-0.25, -0.2) is 4.98 Å². The third-order valence-electron chi connectivity index (χ3n) is 1.83. The molecule has 0 radical (unpaired) electrons. The zero-order chi connectivity index (χ0) is 11.4. The van der Waals surface area contributed by atoms with E-state index in [0.717, 1.165) is 4.47 Å². The molecule has 1 amide bonds. The Labute approximate surface area is 99.4 Å². The smallest absolute Gasteiger partial charge is 0.242 e. The van der Waals surface area contributed by atoms with Crippen LogP contribution in [-0.2, 0) is 17.9 Å². The predicted molar refractivity (Wildman–Crippen MR) is 58.2 cm³/mol. The molecule has 84 valence electrons. The Morgan fingerprint density at radius 2 is 2.50 bits per heavy atom. The first kappa shape index (κ1) is 10.8. The number of H-pyrrole nitrogens is 1. The van der Waals surface area contributed by atoms with Gasteiger partial charge in [-0.05, 0) is 15.9 Å². The van der Waals surface area contributed by atoms with Crippen molar-refractivity contribution in [3.8, 4) is 0 Å². The first-order chi connectivity index (χ1) is 7.74. The van der Waals surface area contributed by atoms with Gasteiger partial charge in [0.2, 0.25) is 5.91 Å². The lowest BCUT2D eigenvalue weighted by molar-refractivity contribution is -0.122. The Kier molecular flexibility index (Phi) is 3.30. The third kappa shape index (κ3) is 2.89. The fourth-order valence-corrected chi connectivity index (χ4v) is 1.45. The minimum Gasteiger partial charge on any atom is -0.347 e. The summed E-state index contributed by atoms with van der Waals surface area (Å²) in [5.74, 6) is 0.488. The molecule has 0 saturated heterocycles. The largest absolute Gasteiger partial charge is 0.347 e. The van der Waals surface area contributed by atoms with Crippen molar-refractivity contribution in [2.75, 3.05) is 0 Å². The van der Waals surface area contributed by atoms with Gasteiger partial charge in [0.05, 0.1) is 17.2 Å². The van der Waals surface area contributed by atoms with Crippen LogP contribution in [0.5, 0.6) is 0 Å². The summed E-state index contributed by atoms with van der Waals surface area (Å²) in [4.78, 5) is 15.4. The van der Waals surface area contributed by atoms with Crippen LogP contribution in [-0.4, -0.2) is 30.9 Å². The lowest BCUT2D eigenvalue weighted by Crippen LogP contribution is -2.27. The predicted octanol–water partition coefficient (Wildman–Crippen LogP) is 0.0801. The van der Waals surface area contributed by atoms with E-state index in [0.29, 0.717) is 12.4 Å². The number of carbonyl (C=O) groups is 1. The van der Waals surface area contributed by atoms with Crippen molar-refractivity contribution >= 4 is 21.8 Å². The first-order valence-electron chi connectivity index (χ1n) is 4.53. The van der Waals surface area contributed by atoms with E-state index in [1.807, 2.05) is 0 Å². The van der Waals surface area contributed by atoms with Crippen LogP contribution in [0.2, 0.25) is 0 Å². The number of carbonyl (C=O) groups excluding carboxylic acids is 1. The molecule has 2 heterocycles. The van der Waals surface area contributed by atoms with Gasteiger partial charge in [-0.2, -0.15) is 10.2 Å². The molecular weight excluding hydrogens is 276 g/mol. The Morgan fingerprint density at radius 1 is 1.62 bits per heavy atom. The van der Waals surface area contributed by atoms with Gasteiger partial charge in [0.15, 0.2) is 0 Å². The molecule has 2 rings (SSSR count). The zero-order valence-electron chi connectivity index (χ0n) is 8.22. The van der Waals surface area contributed by atoms with Gasteiger partial charge in [-0.1, -0.05) is 0 Å². The van der Waals surface area contributed by atoms with E-state index >= 15 is 0 Å². The van der Waals surface area contributed by atoms with Gasteiger partial charge in [0.25, 0.3) is 0 Å². The van der Waals surface area contributed by atoms with E-state index in [1.165, 1.54) is 6.33 Å². The molecular formula is C8H9BrN6O. The van der Waals surface area contributed by atoms with Crippen molar-refractivity contribution in [3.63, 3.8) is 0 Å². The number of nitrogens with one attached hydrogen (secondary N) is 2. The highest BCUT2D eigenvalue weighted by Gasteiger charge is 2.04. The maximum atomic E-state index is 11.5. The quantitative estimate of drug-likeness (QED) is 0.832. The van der Waals surface area contributed by atoms with Gasteiger partial charge in [0.1, 0.15) is 18.7 Å². The zero-order valence-corrected chi connectivity index (χ0v) is 9.81. The monoisotopic (exact) mass is 284 g/mol. The van der Waals surface area contributed by atoms with E-state index in [4.69, 9.17) is 0 Å². The van der Waals surface area contributed by atoms with Crippen LogP contribution >= 0.6 is 15.9 Å². The average molecular weight is 285 g/mol. The molecule has 8 heteroatoms. The fourth-order valence-electron chi connectivity index (χ4n) is 1.13. The van der Waals surface area contributed by atoms with Crippen LogP contribution in [0.15, 0.2) is 23.2 Å². The van der Waals surface area contributed by atoms with Crippen LogP contribution in [0.4, 0.5) is 0 Å². The molecule has 0 saturated carbocycles. The molecule has 0 fully saturated rings. The minimum atomic E-state index is -0.132. The SMILES string of the molecule is O=C(Cn1cc(Br)cn1)NCc1ncn[nH]1. The van der Waals surface area contributed by atoms with E-state index < -0.39 is 0 Å². The van der Waals surface area contributed by atoms with Crippen LogP contribution < -0.4 is 5.32 Å². The Bertz CT molecular complexity index is 465. The van der Waals surface area contributed by atoms with Crippen LogP contribution in [0.1, 0.15) is 5.82 Å². The van der Waals surface area contributed by atoms with E-state index in [1.54, 1.807) is 17.1 Å². The standard InChI is InChI=1S/C8H9BrN6O/c9-6-1-13-15(3-6)4-8(16)10-2-7-11-5-12-14-7/h1,3,5H,2,4H2,(H,10,16)(H,11,12,14). The first-order valence-corrected chi connectivity index (χ1v) is 5.32. The Morgan fingerprint density at radius 3 is 3.12 bits per heavy atom. The second kappa shape index (κ2) is 4.88. The summed E-state index contributed by atoms with van der Waals surface area (Å²) < 4.78 is 2.38. The Hall–Kier alpha value is -1.70. The molecule has 16 heavy (non-hydrogen) atoms. The minimum absolute atomic E-state index is 0.132. The molecule has 0 atom stereocenters. The van der Waals surface area contributed by atoms with Crippen LogP contribution in [0, 0.1) is 0 Å². The summed E-state index contributed by atoms with van der Waals surface area (Å²) in [5, 5.41) is 13.0. The van der Waals surface area contributed by atoms with Crippen LogP contribution in [0.3, 0.4) is 0 Å². The number of hydrogen-bond acceptors (Lipinski definition) is 4. The number of aromatic amines is 1. The van der Waals surface area contributed by atoms with Crippen molar-refractivity contribution in [1.29, 1.82) is 0 Å². The number of hydrogen-bond donors (Lipinski definition) is 2. The molecule has 7 nitrogen and oxygen atoms in total. The normalized spacial score (nSPS) is 10.3. The molecule has 2 aromatic heterocycles. The van der Waals surface area contributed by atoms with E-state index in [2.05, 4.69) is 41.5 Å². The van der Waals surface area contributed by atoms with Gasteiger partial charge < -0.3 is 5.32 Å². The summed E-state index contributed by atoms with van der Waals surface area (Å²) in [5.41, 5.74) is 0. The average Bonchev–Trinajstić information content (AvgIpc) is 2.87. The lowest BCUT2D eigenvalue weighted by atomic mass is 10.5. The second-order valence-electron chi connectivity index (χ2n) is 3.07. The number of aromatic nitrogens is 5. The summed E-state index contributed by atoms with van der Waals surface area (Å²) in [6.07, 6.45) is 4.75. The van der Waals surface area contributed by atoms with Gasteiger partial charge in [-0.15, -0.1) is 0 Å². The number of amides is 1. The van der Waals surface area contributed by atoms with Gasteiger partial charge in [0, 0.05) is 6.20 Å². The topological polar surface area (TPSA) is 88.5 Å². The van der Waals surface area contributed by atoms with Crippen molar-refractivity contribution in [1.82, 2.24) is 30.3 Å². The maximum absolute atomic E-state index is 11.5. The number of rotatable bonds is 4. The van der Waals surface area contributed by atoms with Crippen molar-refractivity contribution in [2.24, 2.45) is 0 Å². The molecule has 2 N–H and O–H groups in total. The van der Waals surface area contributed by atoms with E-state index in [9.17, 15) is 4.79 Å². The van der Waals surface area contributed by atoms with Gasteiger partial charge >= 0.3 is 0 Å². The van der Waals surface area contributed by atoms with Crippen molar-refractivity contribution < 1.29 is 4.79 Å². The molecule has 0 aliphatic heterocycles. The summed E-state index contributed by atoms with van der Waals surface area (Å²) in [6, 6.07) is 0. The number of halogens is 1. The number of nitrogens with zero attached hydrogens (tertiary/aromatic N) is 4. The van der Waals surface area contributed by atoms with E-state index in [-0.39, 0.29) is 12.5 Å². The summed E-state index contributed by atoms with van der Waals surface area (Å²) >= 11 is 3.25. The molecule has 0 bridgehead atoms. The van der Waals surface area contributed by atoms with Crippen molar-refractivity contribution in [3.05, 3.63) is 29.0 Å². The summed E-state index contributed by atoms with van der Waals surface area (Å²) in [6.45, 7) is 0.515. The van der Waals surface area contributed by atoms with Crippen LogP contribution in [0.25, 0.3) is 0 Å². The molecule has 0 unspecified atom stereocenters. The highest BCUT2D eigenvalue weighted by molar-refractivity contribution is 9.10. The van der Waals surface area contributed by atoms with Crippen molar-refractivity contribution in [2.45, 2.75) is 13.1 Å². The summed E-state index contributed by atoms with van der Waals surface area (Å²) in [7, 11) is 0. The Balaban J connectivity index is 1.81. The lowest BCUT2D eigenvalue weighted by Gasteiger charge is -2.02. The van der Waals surface area contributed by atoms with Gasteiger partial charge in [-0.3, -0.25) is 14.6 Å². The second-order valence-corrected chi connectivity index (χ2v) is 3.98. The fraction of sp³-hybridized carbons (Fsp3) is 0.250.